The molecule has 0 saturated carbocycles. The number of nitrogens with zero attached hydrogens (tertiary/aromatic N) is 3. The lowest BCUT2D eigenvalue weighted by Gasteiger charge is -2.17. The quantitative estimate of drug-likeness (QED) is 0.442. The summed E-state index contributed by atoms with van der Waals surface area (Å²) in [6.07, 6.45) is 0.885. The molecule has 0 aromatic carbocycles. The molecule has 7 nitrogen and oxygen atoms in total. The Morgan fingerprint density at radius 3 is 2.81 bits per heavy atom. The zero-order valence-corrected chi connectivity index (χ0v) is 9.30. The monoisotopic (exact) mass is 225 g/mol. The minimum Gasteiger partial charge on any atom is -0.354 e. The number of nitrogens with two attached hydrogens (primary N) is 1. The molecular weight excluding hydrogens is 210 g/mol. The lowest BCUT2D eigenvalue weighted by molar-refractivity contribution is -0.384. The number of nitrogen functional groups attached to an aromatic ring is 1. The summed E-state index contributed by atoms with van der Waals surface area (Å²) in [5.74, 6) is 5.95. The number of nitro groups is 1. The topological polar surface area (TPSA) is 97.3 Å². The van der Waals surface area contributed by atoms with E-state index in [0.29, 0.717) is 18.2 Å². The predicted octanol–water partition coefficient (Wildman–Crippen LogP) is 1.12. The number of rotatable bonds is 5. The van der Waals surface area contributed by atoms with Crippen molar-refractivity contribution in [2.45, 2.75) is 13.3 Å². The predicted molar refractivity (Wildman–Crippen MR) is 62.3 cm³/mol. The average molecular weight is 225 g/mol. The van der Waals surface area contributed by atoms with Gasteiger partial charge in [-0.05, 0) is 12.5 Å². The van der Waals surface area contributed by atoms with E-state index in [2.05, 4.69) is 10.4 Å². The Labute approximate surface area is 93.4 Å². The average Bonchev–Trinajstić information content (AvgIpc) is 2.28. The van der Waals surface area contributed by atoms with Crippen molar-refractivity contribution < 1.29 is 4.92 Å². The Hall–Kier alpha value is -1.89. The van der Waals surface area contributed by atoms with Crippen LogP contribution < -0.4 is 16.2 Å². The van der Waals surface area contributed by atoms with E-state index in [9.17, 15) is 10.1 Å². The number of hydrogen-bond donors (Lipinski definition) is 2. The Morgan fingerprint density at radius 1 is 1.62 bits per heavy atom. The molecule has 88 valence electrons. The lowest BCUT2D eigenvalue weighted by atomic mass is 10.3. The van der Waals surface area contributed by atoms with E-state index >= 15 is 0 Å². The third-order valence-electron chi connectivity index (χ3n) is 2.12. The molecule has 0 aliphatic heterocycles. The standard InChI is InChI=1S/C9H15N5O2/c1-3-6-13(2)9-7(14(15)16)4-5-8(11-9)12-10/h4-5H,3,6,10H2,1-2H3,(H,11,12). The fraction of sp³-hybridized carbons (Fsp3) is 0.444. The van der Waals surface area contributed by atoms with Gasteiger partial charge in [-0.2, -0.15) is 0 Å². The summed E-state index contributed by atoms with van der Waals surface area (Å²) in [5.41, 5.74) is 2.35. The second-order valence-electron chi connectivity index (χ2n) is 3.36. The van der Waals surface area contributed by atoms with Gasteiger partial charge in [-0.3, -0.25) is 10.1 Å². The van der Waals surface area contributed by atoms with E-state index in [1.54, 1.807) is 11.9 Å². The van der Waals surface area contributed by atoms with Crippen molar-refractivity contribution in [2.75, 3.05) is 23.9 Å². The molecule has 0 atom stereocenters. The van der Waals surface area contributed by atoms with E-state index in [-0.39, 0.29) is 5.69 Å². The first-order chi connectivity index (χ1) is 7.60. The van der Waals surface area contributed by atoms with Crippen LogP contribution >= 0.6 is 0 Å². The van der Waals surface area contributed by atoms with Gasteiger partial charge >= 0.3 is 5.69 Å². The highest BCUT2D eigenvalue weighted by Crippen LogP contribution is 2.26. The molecular formula is C9H15N5O2. The van der Waals surface area contributed by atoms with Gasteiger partial charge < -0.3 is 10.3 Å². The van der Waals surface area contributed by atoms with Crippen LogP contribution in [0.5, 0.6) is 0 Å². The normalized spacial score (nSPS) is 9.94. The largest absolute Gasteiger partial charge is 0.354 e. The number of pyridine rings is 1. The number of nitrogens with one attached hydrogen (secondary N) is 1. The van der Waals surface area contributed by atoms with E-state index in [1.807, 2.05) is 6.92 Å². The van der Waals surface area contributed by atoms with Crippen LogP contribution in [-0.4, -0.2) is 23.5 Å². The van der Waals surface area contributed by atoms with E-state index < -0.39 is 4.92 Å². The van der Waals surface area contributed by atoms with E-state index in [0.717, 1.165) is 6.42 Å². The Bertz CT molecular complexity index is 382. The molecule has 1 aromatic heterocycles. The van der Waals surface area contributed by atoms with Gasteiger partial charge in [0.1, 0.15) is 5.82 Å². The van der Waals surface area contributed by atoms with Gasteiger partial charge in [0.05, 0.1) is 4.92 Å². The van der Waals surface area contributed by atoms with Gasteiger partial charge in [-0.1, -0.05) is 6.92 Å². The van der Waals surface area contributed by atoms with Gasteiger partial charge in [-0.25, -0.2) is 10.8 Å². The van der Waals surface area contributed by atoms with Crippen LogP contribution in [0, 0.1) is 10.1 Å². The van der Waals surface area contributed by atoms with Crippen LogP contribution in [0.15, 0.2) is 12.1 Å². The number of hydrogen-bond acceptors (Lipinski definition) is 6. The summed E-state index contributed by atoms with van der Waals surface area (Å²) >= 11 is 0. The van der Waals surface area contributed by atoms with Gasteiger partial charge in [0, 0.05) is 19.7 Å². The molecule has 0 aliphatic rings. The molecule has 1 rings (SSSR count). The Kier molecular flexibility index (Phi) is 4.01. The second kappa shape index (κ2) is 5.26. The van der Waals surface area contributed by atoms with Crippen molar-refractivity contribution in [3.63, 3.8) is 0 Å². The molecule has 3 N–H and O–H groups in total. The second-order valence-corrected chi connectivity index (χ2v) is 3.36. The van der Waals surface area contributed by atoms with Crippen molar-refractivity contribution in [1.82, 2.24) is 4.98 Å². The minimum absolute atomic E-state index is 0.0186. The van der Waals surface area contributed by atoms with Gasteiger partial charge in [0.25, 0.3) is 0 Å². The molecule has 0 fully saturated rings. The highest BCUT2D eigenvalue weighted by atomic mass is 16.6. The minimum atomic E-state index is -0.450. The molecule has 0 saturated heterocycles. The molecule has 0 amide bonds. The maximum absolute atomic E-state index is 10.8. The maximum atomic E-state index is 10.8. The van der Waals surface area contributed by atoms with Crippen molar-refractivity contribution >= 4 is 17.3 Å². The fourth-order valence-corrected chi connectivity index (χ4v) is 1.39. The highest BCUT2D eigenvalue weighted by molar-refractivity contribution is 5.61. The third-order valence-corrected chi connectivity index (χ3v) is 2.12. The molecule has 1 heterocycles. The number of aromatic nitrogens is 1. The van der Waals surface area contributed by atoms with E-state index in [1.165, 1.54) is 12.1 Å². The van der Waals surface area contributed by atoms with Crippen LogP contribution in [-0.2, 0) is 0 Å². The molecule has 0 bridgehead atoms. The molecule has 0 unspecified atom stereocenters. The number of anilines is 2. The van der Waals surface area contributed by atoms with Crippen LogP contribution in [0.3, 0.4) is 0 Å². The van der Waals surface area contributed by atoms with E-state index in [4.69, 9.17) is 5.84 Å². The summed E-state index contributed by atoms with van der Waals surface area (Å²) in [6, 6.07) is 2.87. The van der Waals surface area contributed by atoms with Crippen LogP contribution in [0.25, 0.3) is 0 Å². The fourth-order valence-electron chi connectivity index (χ4n) is 1.39. The lowest BCUT2D eigenvalue weighted by Crippen LogP contribution is -2.21. The highest BCUT2D eigenvalue weighted by Gasteiger charge is 2.18. The first-order valence-corrected chi connectivity index (χ1v) is 4.93. The first-order valence-electron chi connectivity index (χ1n) is 4.93. The van der Waals surface area contributed by atoms with Crippen LogP contribution in [0.2, 0.25) is 0 Å². The molecule has 0 aliphatic carbocycles. The van der Waals surface area contributed by atoms with Gasteiger partial charge in [-0.15, -0.1) is 0 Å². The maximum Gasteiger partial charge on any atom is 0.311 e. The zero-order valence-electron chi connectivity index (χ0n) is 9.30. The molecule has 16 heavy (non-hydrogen) atoms. The Balaban J connectivity index is 3.14. The SMILES string of the molecule is CCCN(C)c1nc(NN)ccc1[N+](=O)[O-]. The number of hydrazine groups is 1. The van der Waals surface area contributed by atoms with Crippen molar-refractivity contribution in [3.8, 4) is 0 Å². The van der Waals surface area contributed by atoms with Gasteiger partial charge in [0.2, 0.25) is 5.82 Å². The van der Waals surface area contributed by atoms with Crippen molar-refractivity contribution in [3.05, 3.63) is 22.2 Å². The summed E-state index contributed by atoms with van der Waals surface area (Å²) in [6.45, 7) is 2.69. The first kappa shape index (κ1) is 12.2. The Morgan fingerprint density at radius 2 is 2.31 bits per heavy atom. The molecule has 1 aromatic rings. The smallest absolute Gasteiger partial charge is 0.311 e. The van der Waals surface area contributed by atoms with Crippen LogP contribution in [0.1, 0.15) is 13.3 Å². The van der Waals surface area contributed by atoms with Crippen molar-refractivity contribution in [2.24, 2.45) is 5.84 Å². The summed E-state index contributed by atoms with van der Waals surface area (Å²) < 4.78 is 0. The summed E-state index contributed by atoms with van der Waals surface area (Å²) in [5, 5.41) is 10.8. The van der Waals surface area contributed by atoms with Crippen molar-refractivity contribution in [1.29, 1.82) is 0 Å². The third kappa shape index (κ3) is 2.57. The van der Waals surface area contributed by atoms with Crippen LogP contribution in [0.4, 0.5) is 17.3 Å². The summed E-state index contributed by atoms with van der Waals surface area (Å²) in [4.78, 5) is 16.2. The zero-order chi connectivity index (χ0) is 12.1. The molecule has 0 radical (unpaired) electrons. The molecule has 7 heteroatoms. The molecule has 0 spiro atoms. The summed E-state index contributed by atoms with van der Waals surface area (Å²) in [7, 11) is 1.76. The van der Waals surface area contributed by atoms with Gasteiger partial charge in [0.15, 0.2) is 0 Å².